The SMILES string of the molecule is O=C(Cc1ccccc1)NC(=S)Nc1ccc(Oc2ccnc3cc(C(=O)NN4CCOCC4)sc23)c(F)c1. The number of hydrogen-bond donors (Lipinski definition) is 3. The van der Waals surface area contributed by atoms with Gasteiger partial charge in [0.05, 0.1) is 34.7 Å². The predicted molar refractivity (Wildman–Crippen MR) is 150 cm³/mol. The second-order valence-electron chi connectivity index (χ2n) is 8.59. The Hall–Kier alpha value is -3.97. The summed E-state index contributed by atoms with van der Waals surface area (Å²) in [5, 5.41) is 7.27. The van der Waals surface area contributed by atoms with E-state index < -0.39 is 5.82 Å². The van der Waals surface area contributed by atoms with Crippen LogP contribution in [-0.4, -0.2) is 53.2 Å². The van der Waals surface area contributed by atoms with Gasteiger partial charge in [0, 0.05) is 37.1 Å². The maximum Gasteiger partial charge on any atom is 0.275 e. The van der Waals surface area contributed by atoms with Gasteiger partial charge < -0.3 is 20.1 Å². The van der Waals surface area contributed by atoms with E-state index in [4.69, 9.17) is 21.7 Å². The highest BCUT2D eigenvalue weighted by molar-refractivity contribution is 7.80. The third-order valence-electron chi connectivity index (χ3n) is 5.74. The van der Waals surface area contributed by atoms with Gasteiger partial charge in [-0.15, -0.1) is 11.3 Å². The fourth-order valence-electron chi connectivity index (χ4n) is 3.88. The number of hydrazine groups is 1. The van der Waals surface area contributed by atoms with Gasteiger partial charge in [0.2, 0.25) is 5.91 Å². The molecule has 2 aromatic carbocycles. The lowest BCUT2D eigenvalue weighted by Crippen LogP contribution is -2.48. The minimum absolute atomic E-state index is 0.0141. The number of morpholine rings is 1. The smallest absolute Gasteiger partial charge is 0.275 e. The second-order valence-corrected chi connectivity index (χ2v) is 10.0. The van der Waals surface area contributed by atoms with E-state index in [0.29, 0.717) is 52.8 Å². The van der Waals surface area contributed by atoms with Crippen molar-refractivity contribution in [3.8, 4) is 11.5 Å². The number of thiocarbonyl (C=S) groups is 1. The van der Waals surface area contributed by atoms with Gasteiger partial charge in [-0.25, -0.2) is 9.40 Å². The number of carbonyl (C=O) groups is 2. The predicted octanol–water partition coefficient (Wildman–Crippen LogP) is 4.26. The van der Waals surface area contributed by atoms with E-state index in [9.17, 15) is 14.0 Å². The third-order valence-corrected chi connectivity index (χ3v) is 7.08. The van der Waals surface area contributed by atoms with E-state index in [1.165, 1.54) is 23.5 Å². The monoisotopic (exact) mass is 565 g/mol. The van der Waals surface area contributed by atoms with Crippen LogP contribution in [0, 0.1) is 5.82 Å². The lowest BCUT2D eigenvalue weighted by atomic mass is 10.1. The number of fused-ring (bicyclic) bond motifs is 1. The summed E-state index contributed by atoms with van der Waals surface area (Å²) in [6.07, 6.45) is 1.71. The van der Waals surface area contributed by atoms with Gasteiger partial charge >= 0.3 is 0 Å². The topological polar surface area (TPSA) is 105 Å². The van der Waals surface area contributed by atoms with Gasteiger partial charge in [0.1, 0.15) is 5.75 Å². The molecule has 12 heteroatoms. The highest BCUT2D eigenvalue weighted by Gasteiger charge is 2.19. The number of nitrogens with one attached hydrogen (secondary N) is 3. The van der Waals surface area contributed by atoms with Crippen LogP contribution in [0.4, 0.5) is 10.1 Å². The summed E-state index contributed by atoms with van der Waals surface area (Å²) in [6, 6.07) is 16.8. The summed E-state index contributed by atoms with van der Waals surface area (Å²) < 4.78 is 26.7. The Balaban J connectivity index is 1.22. The normalized spacial score (nSPS) is 13.6. The molecule has 3 heterocycles. The molecule has 0 aliphatic carbocycles. The lowest BCUT2D eigenvalue weighted by molar-refractivity contribution is -0.119. The van der Waals surface area contributed by atoms with E-state index in [2.05, 4.69) is 21.0 Å². The van der Waals surface area contributed by atoms with Crippen molar-refractivity contribution in [3.05, 3.63) is 83.1 Å². The highest BCUT2D eigenvalue weighted by Crippen LogP contribution is 2.36. The van der Waals surface area contributed by atoms with E-state index >= 15 is 0 Å². The summed E-state index contributed by atoms with van der Waals surface area (Å²) in [7, 11) is 0. The van der Waals surface area contributed by atoms with Crippen molar-refractivity contribution in [2.75, 3.05) is 31.6 Å². The molecule has 0 unspecified atom stereocenters. The Bertz CT molecular complexity index is 1510. The maximum absolute atomic E-state index is 14.9. The molecule has 2 amide bonds. The quantitative estimate of drug-likeness (QED) is 0.286. The zero-order valence-electron chi connectivity index (χ0n) is 20.6. The van der Waals surface area contributed by atoms with Gasteiger partial charge in [0.25, 0.3) is 5.91 Å². The van der Waals surface area contributed by atoms with Crippen molar-refractivity contribution in [2.24, 2.45) is 0 Å². The molecule has 0 atom stereocenters. The average molecular weight is 566 g/mol. The molecule has 5 rings (SSSR count). The summed E-state index contributed by atoms with van der Waals surface area (Å²) in [4.78, 5) is 29.7. The molecule has 0 spiro atoms. The molecular weight excluding hydrogens is 541 g/mol. The van der Waals surface area contributed by atoms with Crippen LogP contribution >= 0.6 is 23.6 Å². The Morgan fingerprint density at radius 3 is 2.64 bits per heavy atom. The Kier molecular flexibility index (Phi) is 8.37. The lowest BCUT2D eigenvalue weighted by Gasteiger charge is -2.26. The number of pyridine rings is 1. The first-order valence-electron chi connectivity index (χ1n) is 12.1. The first kappa shape index (κ1) is 26.6. The van der Waals surface area contributed by atoms with Crippen molar-refractivity contribution < 1.29 is 23.5 Å². The molecule has 2 aromatic heterocycles. The summed E-state index contributed by atoms with van der Waals surface area (Å²) >= 11 is 6.41. The summed E-state index contributed by atoms with van der Waals surface area (Å²) in [5.74, 6) is -0.808. The van der Waals surface area contributed by atoms with Crippen molar-refractivity contribution in [1.29, 1.82) is 0 Å². The molecule has 9 nitrogen and oxygen atoms in total. The summed E-state index contributed by atoms with van der Waals surface area (Å²) in [5.41, 5.74) is 4.64. The molecule has 0 radical (unpaired) electrons. The first-order valence-corrected chi connectivity index (χ1v) is 13.3. The van der Waals surface area contributed by atoms with Crippen molar-refractivity contribution in [1.82, 2.24) is 20.7 Å². The highest BCUT2D eigenvalue weighted by atomic mass is 32.1. The van der Waals surface area contributed by atoms with Gasteiger partial charge in [-0.2, -0.15) is 0 Å². The largest absolute Gasteiger partial charge is 0.453 e. The van der Waals surface area contributed by atoms with Crippen molar-refractivity contribution >= 4 is 56.4 Å². The second kappa shape index (κ2) is 12.3. The Morgan fingerprint density at radius 2 is 1.87 bits per heavy atom. The van der Waals surface area contributed by atoms with Crippen LogP contribution in [-0.2, 0) is 16.0 Å². The number of aromatic nitrogens is 1. The number of nitrogens with zero attached hydrogens (tertiary/aromatic N) is 2. The number of ether oxygens (including phenoxy) is 2. The molecule has 4 aromatic rings. The first-order chi connectivity index (χ1) is 18.9. The van der Waals surface area contributed by atoms with Crippen LogP contribution in [0.3, 0.4) is 0 Å². The fourth-order valence-corrected chi connectivity index (χ4v) is 5.06. The molecule has 1 aliphatic rings. The number of halogens is 1. The van der Waals surface area contributed by atoms with Crippen LogP contribution in [0.15, 0.2) is 66.9 Å². The summed E-state index contributed by atoms with van der Waals surface area (Å²) in [6.45, 7) is 2.33. The fraction of sp³-hybridized carbons (Fsp3) is 0.185. The van der Waals surface area contributed by atoms with E-state index in [0.717, 1.165) is 5.56 Å². The van der Waals surface area contributed by atoms with Gasteiger partial charge in [-0.3, -0.25) is 20.0 Å². The number of hydrogen-bond acceptors (Lipinski definition) is 8. The molecule has 1 saturated heterocycles. The van der Waals surface area contributed by atoms with E-state index in [1.807, 2.05) is 35.3 Å². The molecule has 3 N–H and O–H groups in total. The number of carbonyl (C=O) groups excluding carboxylic acids is 2. The van der Waals surface area contributed by atoms with Crippen molar-refractivity contribution in [3.63, 3.8) is 0 Å². The molecule has 1 aliphatic heterocycles. The molecule has 1 fully saturated rings. The van der Waals surface area contributed by atoms with Crippen molar-refractivity contribution in [2.45, 2.75) is 6.42 Å². The molecule has 0 saturated carbocycles. The van der Waals surface area contributed by atoms with Crippen LogP contribution < -0.4 is 20.8 Å². The minimum Gasteiger partial charge on any atom is -0.453 e. The molecule has 200 valence electrons. The average Bonchev–Trinajstić information content (AvgIpc) is 3.37. The van der Waals surface area contributed by atoms with Crippen LogP contribution in [0.25, 0.3) is 10.2 Å². The zero-order chi connectivity index (χ0) is 27.2. The number of rotatable bonds is 7. The van der Waals surface area contributed by atoms with E-state index in [-0.39, 0.29) is 29.1 Å². The van der Waals surface area contributed by atoms with E-state index in [1.54, 1.807) is 24.4 Å². The zero-order valence-corrected chi connectivity index (χ0v) is 22.2. The number of anilines is 1. The van der Waals surface area contributed by atoms with Crippen LogP contribution in [0.2, 0.25) is 0 Å². The van der Waals surface area contributed by atoms with Gasteiger partial charge in [-0.05, 0) is 36.0 Å². The number of thiophene rings is 1. The third kappa shape index (κ3) is 6.92. The maximum atomic E-state index is 14.9. The molecular formula is C27H24FN5O4S2. The van der Waals surface area contributed by atoms with Crippen LogP contribution in [0.5, 0.6) is 11.5 Å². The molecule has 39 heavy (non-hydrogen) atoms. The number of benzene rings is 2. The Labute approximate surface area is 232 Å². The van der Waals surface area contributed by atoms with Gasteiger partial charge in [0.15, 0.2) is 16.7 Å². The standard InChI is InChI=1S/C27H24FN5O4S2/c28-19-15-18(30-27(38)31-24(34)14-17-4-2-1-3-5-17)6-7-21(19)37-22-8-9-29-20-16-23(39-25(20)22)26(35)32-33-10-12-36-13-11-33/h1-9,15-16H,10-14H2,(H,32,35)(H2,30,31,34,38). The molecule has 0 bridgehead atoms. The number of amides is 2. The van der Waals surface area contributed by atoms with Gasteiger partial charge in [-0.1, -0.05) is 30.3 Å². The minimum atomic E-state index is -0.634. The van der Waals surface area contributed by atoms with Crippen LogP contribution in [0.1, 0.15) is 15.2 Å². The Morgan fingerprint density at radius 1 is 1.08 bits per heavy atom.